The zero-order valence-electron chi connectivity index (χ0n) is 24.7. The van der Waals surface area contributed by atoms with Crippen LogP contribution in [0.25, 0.3) is 0 Å². The van der Waals surface area contributed by atoms with E-state index in [-0.39, 0.29) is 42.6 Å². The number of aliphatic hydroxyl groups excluding tert-OH is 1. The number of hydrogen-bond acceptors (Lipinski definition) is 8. The van der Waals surface area contributed by atoms with Gasteiger partial charge in [0, 0.05) is 37.0 Å². The number of rotatable bonds is 15. The molecule has 1 aliphatic carbocycles. The molecule has 2 aliphatic heterocycles. The summed E-state index contributed by atoms with van der Waals surface area (Å²) in [6.07, 6.45) is 16.0. The Morgan fingerprint density at radius 3 is 2.50 bits per heavy atom. The number of methoxy groups -OCH3 is 1. The maximum atomic E-state index is 11.4. The van der Waals surface area contributed by atoms with Crippen LogP contribution < -0.4 is 4.74 Å². The molecule has 0 amide bonds. The van der Waals surface area contributed by atoms with E-state index in [4.69, 9.17) is 40.0 Å². The molecule has 2 unspecified atom stereocenters. The Kier molecular flexibility index (Phi) is 14.1. The van der Waals surface area contributed by atoms with E-state index in [2.05, 4.69) is 18.2 Å². The van der Waals surface area contributed by atoms with Crippen molar-refractivity contribution in [3.8, 4) is 5.75 Å². The zero-order valence-corrected chi connectivity index (χ0v) is 25.5. The predicted molar refractivity (Wildman–Crippen MR) is 160 cm³/mol. The van der Waals surface area contributed by atoms with E-state index in [1.54, 1.807) is 12.1 Å². The van der Waals surface area contributed by atoms with Crippen LogP contribution in [0.2, 0.25) is 5.02 Å². The average Bonchev–Trinajstić information content (AvgIpc) is 3.30. The summed E-state index contributed by atoms with van der Waals surface area (Å²) in [5, 5.41) is 11.8. The van der Waals surface area contributed by atoms with Gasteiger partial charge in [-0.15, -0.1) is 0 Å². The monoisotopic (exact) mass is 606 g/mol. The van der Waals surface area contributed by atoms with Crippen molar-refractivity contribution >= 4 is 17.6 Å². The van der Waals surface area contributed by atoms with Crippen LogP contribution in [0.5, 0.6) is 5.75 Å². The van der Waals surface area contributed by atoms with Gasteiger partial charge in [0.25, 0.3) is 0 Å². The molecule has 1 aromatic rings. The maximum absolute atomic E-state index is 11.4. The molecule has 8 nitrogen and oxygen atoms in total. The lowest BCUT2D eigenvalue weighted by Gasteiger charge is -2.30. The van der Waals surface area contributed by atoms with E-state index in [9.17, 15) is 9.90 Å². The minimum Gasteiger partial charge on any atom is -0.491 e. The maximum Gasteiger partial charge on any atom is 0.305 e. The molecule has 0 spiro atoms. The Hall–Kier alpha value is -1.94. The van der Waals surface area contributed by atoms with Gasteiger partial charge in [0.15, 0.2) is 12.6 Å². The molecule has 2 saturated heterocycles. The number of aliphatic hydroxyl groups is 1. The number of allylic oxidation sites excluding steroid dienone is 2. The van der Waals surface area contributed by atoms with Crippen molar-refractivity contribution in [1.29, 1.82) is 0 Å². The molecule has 4 rings (SSSR count). The van der Waals surface area contributed by atoms with Gasteiger partial charge in [-0.1, -0.05) is 35.9 Å². The molecule has 2 heterocycles. The van der Waals surface area contributed by atoms with Gasteiger partial charge >= 0.3 is 5.97 Å². The van der Waals surface area contributed by atoms with Crippen molar-refractivity contribution in [3.05, 3.63) is 53.6 Å². The van der Waals surface area contributed by atoms with Crippen molar-refractivity contribution in [1.82, 2.24) is 0 Å². The second-order valence-corrected chi connectivity index (χ2v) is 11.7. The molecule has 0 aromatic heterocycles. The Morgan fingerprint density at radius 1 is 1.07 bits per heavy atom. The lowest BCUT2D eigenvalue weighted by atomic mass is 9.89. The van der Waals surface area contributed by atoms with Crippen molar-refractivity contribution in [2.45, 2.75) is 102 Å². The predicted octanol–water partition coefficient (Wildman–Crippen LogP) is 6.39. The van der Waals surface area contributed by atoms with Crippen LogP contribution >= 0.6 is 11.6 Å². The Balaban J connectivity index is 1.44. The quantitative estimate of drug-likeness (QED) is 0.140. The summed E-state index contributed by atoms with van der Waals surface area (Å²) in [4.78, 5) is 11.4. The standard InChI is InChI=1S/C33H47ClO8/c1-37-31(36)11-5-3-2-4-10-27-28(30(22-29(27)35)42-33-13-7-9-21-39-33)19-18-26(41-32-12-6-8-20-38-32)23-40-25-16-14-24(34)15-17-25/h2,4,14-19,26-30,32-33,35H,3,5-13,20-23H2,1H3/b4-2-,19-18+/t26-,27-,28-,29-,30-,32?,33?/m1/s1. The van der Waals surface area contributed by atoms with Gasteiger partial charge in [-0.25, -0.2) is 0 Å². The van der Waals surface area contributed by atoms with Gasteiger partial charge in [0.2, 0.25) is 0 Å². The molecule has 0 radical (unpaired) electrons. The molecule has 1 saturated carbocycles. The van der Waals surface area contributed by atoms with Crippen molar-refractivity contribution in [2.24, 2.45) is 11.8 Å². The van der Waals surface area contributed by atoms with E-state index in [1.165, 1.54) is 7.11 Å². The normalized spacial score (nSPS) is 29.2. The minimum absolute atomic E-state index is 0.0181. The van der Waals surface area contributed by atoms with Crippen molar-refractivity contribution in [3.63, 3.8) is 0 Å². The molecule has 3 aliphatic rings. The number of hydrogen-bond donors (Lipinski definition) is 1. The number of esters is 1. The Labute approximate surface area is 255 Å². The van der Waals surface area contributed by atoms with Crippen LogP contribution in [0, 0.1) is 11.8 Å². The van der Waals surface area contributed by atoms with Gasteiger partial charge in [-0.3, -0.25) is 4.79 Å². The number of benzene rings is 1. The first kappa shape index (κ1) is 33.0. The van der Waals surface area contributed by atoms with Gasteiger partial charge in [0.05, 0.1) is 19.3 Å². The van der Waals surface area contributed by atoms with Crippen LogP contribution in [0.15, 0.2) is 48.6 Å². The van der Waals surface area contributed by atoms with E-state index in [0.29, 0.717) is 49.9 Å². The van der Waals surface area contributed by atoms with Crippen LogP contribution in [-0.2, 0) is 28.5 Å². The number of carbonyl (C=O) groups is 1. The molecule has 234 valence electrons. The number of carbonyl (C=O) groups excluding carboxylic acids is 1. The summed E-state index contributed by atoms with van der Waals surface area (Å²) >= 11 is 6.04. The molecule has 3 fully saturated rings. The smallest absolute Gasteiger partial charge is 0.305 e. The average molecular weight is 607 g/mol. The fourth-order valence-electron chi connectivity index (χ4n) is 5.80. The fourth-order valence-corrected chi connectivity index (χ4v) is 5.92. The SMILES string of the molecule is COC(=O)CCC/C=C\C[C@@H]1[C@@H](/C=C/[C@H](COc2ccc(Cl)cc2)OC2CCCCO2)[C@H](OC2CCCCO2)C[C@H]1O. The van der Waals surface area contributed by atoms with Crippen molar-refractivity contribution in [2.75, 3.05) is 26.9 Å². The van der Waals surface area contributed by atoms with Crippen molar-refractivity contribution < 1.29 is 38.3 Å². The highest BCUT2D eigenvalue weighted by molar-refractivity contribution is 6.30. The van der Waals surface area contributed by atoms with Crippen LogP contribution in [0.4, 0.5) is 0 Å². The largest absolute Gasteiger partial charge is 0.491 e. The second kappa shape index (κ2) is 18.0. The van der Waals surface area contributed by atoms with Gasteiger partial charge in [-0.05, 0) is 88.0 Å². The molecule has 1 aromatic carbocycles. The first-order valence-electron chi connectivity index (χ1n) is 15.5. The molecule has 0 bridgehead atoms. The third-order valence-electron chi connectivity index (χ3n) is 8.15. The molecule has 1 N–H and O–H groups in total. The first-order valence-corrected chi connectivity index (χ1v) is 15.9. The fraction of sp³-hybridized carbons (Fsp3) is 0.667. The number of ether oxygens (including phenoxy) is 6. The van der Waals surface area contributed by atoms with Gasteiger partial charge in [-0.2, -0.15) is 0 Å². The summed E-state index contributed by atoms with van der Waals surface area (Å²) in [6.45, 7) is 1.71. The topological polar surface area (TPSA) is 92.7 Å². The van der Waals surface area contributed by atoms with Crippen LogP contribution in [0.1, 0.15) is 70.6 Å². The third kappa shape index (κ3) is 11.0. The molecule has 42 heavy (non-hydrogen) atoms. The molecule has 9 heteroatoms. The highest BCUT2D eigenvalue weighted by Gasteiger charge is 2.42. The molecular weight excluding hydrogens is 560 g/mol. The van der Waals surface area contributed by atoms with E-state index >= 15 is 0 Å². The highest BCUT2D eigenvalue weighted by atomic mass is 35.5. The third-order valence-corrected chi connectivity index (χ3v) is 8.40. The van der Waals surface area contributed by atoms with E-state index in [1.807, 2.05) is 18.2 Å². The number of halogens is 1. The summed E-state index contributed by atoms with van der Waals surface area (Å²) in [5.41, 5.74) is 0. The minimum atomic E-state index is -0.501. The summed E-state index contributed by atoms with van der Waals surface area (Å²) in [5.74, 6) is 0.475. The van der Waals surface area contributed by atoms with E-state index in [0.717, 1.165) is 51.4 Å². The molecule has 7 atom stereocenters. The Bertz CT molecular complexity index is 971. The lowest BCUT2D eigenvalue weighted by molar-refractivity contribution is -0.193. The first-order chi connectivity index (χ1) is 20.5. The lowest BCUT2D eigenvalue weighted by Crippen LogP contribution is -2.32. The highest BCUT2D eigenvalue weighted by Crippen LogP contribution is 2.39. The Morgan fingerprint density at radius 2 is 1.81 bits per heavy atom. The summed E-state index contributed by atoms with van der Waals surface area (Å²) in [6, 6.07) is 7.29. The second-order valence-electron chi connectivity index (χ2n) is 11.3. The van der Waals surface area contributed by atoms with E-state index < -0.39 is 6.10 Å². The zero-order chi connectivity index (χ0) is 29.6. The van der Waals surface area contributed by atoms with Crippen LogP contribution in [0.3, 0.4) is 0 Å². The summed E-state index contributed by atoms with van der Waals surface area (Å²) in [7, 11) is 1.41. The van der Waals surface area contributed by atoms with Crippen LogP contribution in [-0.4, -0.2) is 68.9 Å². The summed E-state index contributed by atoms with van der Waals surface area (Å²) < 4.78 is 35.4. The van der Waals surface area contributed by atoms with Gasteiger partial charge in [0.1, 0.15) is 18.5 Å². The molecular formula is C33H47ClO8. The number of unbranched alkanes of at least 4 members (excludes halogenated alkanes) is 1. The van der Waals surface area contributed by atoms with Gasteiger partial charge < -0.3 is 33.5 Å².